The van der Waals surface area contributed by atoms with Gasteiger partial charge >= 0.3 is 0 Å². The number of ether oxygens (including phenoxy) is 1. The Bertz CT molecular complexity index is 1050. The van der Waals surface area contributed by atoms with E-state index in [9.17, 15) is 4.79 Å². The van der Waals surface area contributed by atoms with Crippen molar-refractivity contribution in [2.75, 3.05) is 38.3 Å². The highest BCUT2D eigenvalue weighted by Gasteiger charge is 2.29. The quantitative estimate of drug-likeness (QED) is 0.590. The number of piperidine rings is 1. The monoisotopic (exact) mass is 422 g/mol. The van der Waals surface area contributed by atoms with E-state index in [4.69, 9.17) is 9.84 Å². The number of hydrogen-bond donors (Lipinski definition) is 1. The molecular formula is C23H30N6O2. The van der Waals surface area contributed by atoms with Crippen LogP contribution in [-0.2, 0) is 9.53 Å². The summed E-state index contributed by atoms with van der Waals surface area (Å²) in [7, 11) is 1.67. The highest BCUT2D eigenvalue weighted by Crippen LogP contribution is 2.31. The molecule has 1 aliphatic heterocycles. The Morgan fingerprint density at radius 1 is 1.23 bits per heavy atom. The van der Waals surface area contributed by atoms with Crippen LogP contribution in [0.2, 0.25) is 0 Å². The van der Waals surface area contributed by atoms with Crippen molar-refractivity contribution in [3.8, 4) is 5.69 Å². The second kappa shape index (κ2) is 9.43. The standard InChI is InChI=1S/C23H30N6O2/c1-16-20-17(2)29(19-10-5-4-6-11-19)27-21(20)22(26-25-16)28-13-7-9-18(15-28)23(30)24-12-8-14-31-3/h4-6,10-11,18H,7-9,12-15H2,1-3H3,(H,24,30)/t18-/m1/s1. The van der Waals surface area contributed by atoms with Crippen LogP contribution >= 0.6 is 0 Å². The van der Waals surface area contributed by atoms with Crippen LogP contribution in [0.1, 0.15) is 30.7 Å². The topological polar surface area (TPSA) is 85.2 Å². The average Bonchev–Trinajstić information content (AvgIpc) is 3.15. The van der Waals surface area contributed by atoms with Crippen LogP contribution in [0.3, 0.4) is 0 Å². The Balaban J connectivity index is 1.60. The molecule has 1 saturated heterocycles. The Kier molecular flexibility index (Phi) is 6.46. The number of carbonyl (C=O) groups excluding carboxylic acids is 1. The molecule has 1 fully saturated rings. The number of aryl methyl sites for hydroxylation is 2. The van der Waals surface area contributed by atoms with Gasteiger partial charge in [0.05, 0.1) is 28.4 Å². The second-order valence-electron chi connectivity index (χ2n) is 8.09. The van der Waals surface area contributed by atoms with Gasteiger partial charge in [-0.15, -0.1) is 5.10 Å². The Hall–Kier alpha value is -3.00. The van der Waals surface area contributed by atoms with Gasteiger partial charge in [-0.25, -0.2) is 4.68 Å². The van der Waals surface area contributed by atoms with Crippen LogP contribution in [-0.4, -0.2) is 59.2 Å². The van der Waals surface area contributed by atoms with Gasteiger partial charge in [0.1, 0.15) is 5.52 Å². The van der Waals surface area contributed by atoms with Crippen LogP contribution in [0, 0.1) is 19.8 Å². The first kappa shape index (κ1) is 21.2. The van der Waals surface area contributed by atoms with Crippen LogP contribution in [0.25, 0.3) is 16.6 Å². The van der Waals surface area contributed by atoms with Crippen molar-refractivity contribution in [2.24, 2.45) is 5.92 Å². The van der Waals surface area contributed by atoms with Crippen LogP contribution in [0.15, 0.2) is 30.3 Å². The minimum absolute atomic E-state index is 0.0632. The molecule has 1 atom stereocenters. The van der Waals surface area contributed by atoms with E-state index in [1.54, 1.807) is 7.11 Å². The summed E-state index contributed by atoms with van der Waals surface area (Å²) in [6.45, 7) is 6.79. The minimum atomic E-state index is -0.0632. The first-order chi connectivity index (χ1) is 15.1. The summed E-state index contributed by atoms with van der Waals surface area (Å²) in [6, 6.07) is 10.1. The number of methoxy groups -OCH3 is 1. The lowest BCUT2D eigenvalue weighted by atomic mass is 9.97. The number of nitrogens with zero attached hydrogens (tertiary/aromatic N) is 5. The smallest absolute Gasteiger partial charge is 0.224 e. The zero-order valence-corrected chi connectivity index (χ0v) is 18.5. The molecule has 1 N–H and O–H groups in total. The van der Waals surface area contributed by atoms with Crippen LogP contribution in [0.5, 0.6) is 0 Å². The molecule has 8 nitrogen and oxygen atoms in total. The molecule has 1 amide bonds. The maximum atomic E-state index is 12.7. The van der Waals surface area contributed by atoms with Gasteiger partial charge in [-0.05, 0) is 45.2 Å². The Morgan fingerprint density at radius 3 is 2.81 bits per heavy atom. The van der Waals surface area contributed by atoms with Crippen molar-refractivity contribution in [3.63, 3.8) is 0 Å². The van der Waals surface area contributed by atoms with Crippen LogP contribution < -0.4 is 10.2 Å². The number of carbonyl (C=O) groups is 1. The van der Waals surface area contributed by atoms with Crippen molar-refractivity contribution >= 4 is 22.6 Å². The largest absolute Gasteiger partial charge is 0.385 e. The molecule has 31 heavy (non-hydrogen) atoms. The molecule has 0 aliphatic carbocycles. The van der Waals surface area contributed by atoms with E-state index in [1.807, 2.05) is 41.9 Å². The highest BCUT2D eigenvalue weighted by atomic mass is 16.5. The van der Waals surface area contributed by atoms with Crippen molar-refractivity contribution in [3.05, 3.63) is 41.7 Å². The summed E-state index contributed by atoms with van der Waals surface area (Å²) in [5, 5.41) is 17.9. The van der Waals surface area contributed by atoms with Gasteiger partial charge in [0, 0.05) is 33.4 Å². The third kappa shape index (κ3) is 4.39. The fourth-order valence-corrected chi connectivity index (χ4v) is 4.30. The number of anilines is 1. The molecular weight excluding hydrogens is 392 g/mol. The first-order valence-electron chi connectivity index (χ1n) is 10.9. The molecule has 1 aliphatic rings. The molecule has 0 unspecified atom stereocenters. The fraction of sp³-hybridized carbons (Fsp3) is 0.478. The van der Waals surface area contributed by atoms with E-state index in [0.29, 0.717) is 19.7 Å². The highest BCUT2D eigenvalue weighted by molar-refractivity contribution is 5.92. The number of nitrogens with one attached hydrogen (secondary N) is 1. The summed E-state index contributed by atoms with van der Waals surface area (Å²) in [4.78, 5) is 14.8. The minimum Gasteiger partial charge on any atom is -0.385 e. The number of hydrogen-bond acceptors (Lipinski definition) is 6. The summed E-state index contributed by atoms with van der Waals surface area (Å²) in [5.74, 6) is 0.796. The molecule has 0 saturated carbocycles. The number of rotatable bonds is 7. The summed E-state index contributed by atoms with van der Waals surface area (Å²) in [5.41, 5.74) is 3.76. The summed E-state index contributed by atoms with van der Waals surface area (Å²) in [6.07, 6.45) is 2.64. The zero-order valence-electron chi connectivity index (χ0n) is 18.5. The molecule has 0 bridgehead atoms. The van der Waals surface area contributed by atoms with Gasteiger partial charge in [-0.1, -0.05) is 18.2 Å². The molecule has 3 heterocycles. The maximum absolute atomic E-state index is 12.7. The van der Waals surface area contributed by atoms with Gasteiger partial charge in [0.15, 0.2) is 5.82 Å². The van der Waals surface area contributed by atoms with E-state index in [0.717, 1.165) is 59.6 Å². The average molecular weight is 423 g/mol. The number of aromatic nitrogens is 4. The molecule has 8 heteroatoms. The lowest BCUT2D eigenvalue weighted by Crippen LogP contribution is -2.43. The van der Waals surface area contributed by atoms with E-state index in [-0.39, 0.29) is 11.8 Å². The predicted octanol–water partition coefficient (Wildman–Crippen LogP) is 2.80. The maximum Gasteiger partial charge on any atom is 0.224 e. The second-order valence-corrected chi connectivity index (χ2v) is 8.09. The lowest BCUT2D eigenvalue weighted by molar-refractivity contribution is -0.125. The van der Waals surface area contributed by atoms with Crippen molar-refractivity contribution in [2.45, 2.75) is 33.1 Å². The summed E-state index contributed by atoms with van der Waals surface area (Å²) < 4.78 is 7.01. The Morgan fingerprint density at radius 2 is 2.03 bits per heavy atom. The predicted molar refractivity (Wildman–Crippen MR) is 121 cm³/mol. The number of para-hydroxylation sites is 1. The lowest BCUT2D eigenvalue weighted by Gasteiger charge is -2.32. The molecule has 164 valence electrons. The number of benzene rings is 1. The molecule has 2 aromatic heterocycles. The van der Waals surface area contributed by atoms with Gasteiger partial charge < -0.3 is 15.0 Å². The Labute approximate surface area is 182 Å². The molecule has 1 aromatic carbocycles. The van der Waals surface area contributed by atoms with E-state index in [1.165, 1.54) is 0 Å². The molecule has 3 aromatic rings. The van der Waals surface area contributed by atoms with Gasteiger partial charge in [0.25, 0.3) is 0 Å². The number of amides is 1. The van der Waals surface area contributed by atoms with E-state index in [2.05, 4.69) is 27.3 Å². The van der Waals surface area contributed by atoms with Crippen molar-refractivity contribution in [1.29, 1.82) is 0 Å². The first-order valence-corrected chi connectivity index (χ1v) is 10.9. The summed E-state index contributed by atoms with van der Waals surface area (Å²) >= 11 is 0. The SMILES string of the molecule is COCCCNC(=O)[C@@H]1CCCN(c2nnc(C)c3c(C)n(-c4ccccc4)nc23)C1. The van der Waals surface area contributed by atoms with E-state index < -0.39 is 0 Å². The molecule has 0 radical (unpaired) electrons. The van der Waals surface area contributed by atoms with Gasteiger partial charge in [0.2, 0.25) is 5.91 Å². The fourth-order valence-electron chi connectivity index (χ4n) is 4.30. The van der Waals surface area contributed by atoms with Crippen LogP contribution in [0.4, 0.5) is 5.82 Å². The van der Waals surface area contributed by atoms with Crippen molar-refractivity contribution in [1.82, 2.24) is 25.3 Å². The molecule has 0 spiro atoms. The van der Waals surface area contributed by atoms with Gasteiger partial charge in [-0.3, -0.25) is 4.79 Å². The normalized spacial score (nSPS) is 16.6. The third-order valence-corrected chi connectivity index (χ3v) is 5.90. The molecule has 4 rings (SSSR count). The van der Waals surface area contributed by atoms with E-state index >= 15 is 0 Å². The third-order valence-electron chi connectivity index (χ3n) is 5.90. The van der Waals surface area contributed by atoms with Gasteiger partial charge in [-0.2, -0.15) is 10.2 Å². The van der Waals surface area contributed by atoms with Crippen molar-refractivity contribution < 1.29 is 9.53 Å². The number of fused-ring (bicyclic) bond motifs is 1. The zero-order chi connectivity index (χ0) is 21.8.